The molecule has 0 bridgehead atoms. The summed E-state index contributed by atoms with van der Waals surface area (Å²) in [5.41, 5.74) is 0.727. The van der Waals surface area contributed by atoms with Crippen molar-refractivity contribution >= 4 is 17.6 Å². The van der Waals surface area contributed by atoms with Crippen molar-refractivity contribution in [2.24, 2.45) is 0 Å². The van der Waals surface area contributed by atoms with Gasteiger partial charge in [-0.2, -0.15) is 0 Å². The molecule has 1 heterocycles. The van der Waals surface area contributed by atoms with Crippen LogP contribution < -0.4 is 9.64 Å². The van der Waals surface area contributed by atoms with Crippen LogP contribution in [0, 0.1) is 0 Å². The summed E-state index contributed by atoms with van der Waals surface area (Å²) in [7, 11) is 1.72. The third-order valence-corrected chi connectivity index (χ3v) is 3.13. The maximum Gasteiger partial charge on any atom is 0.347 e. The lowest BCUT2D eigenvalue weighted by molar-refractivity contribution is -0.146. The zero-order chi connectivity index (χ0) is 13.4. The Kier molecular flexibility index (Phi) is 2.86. The number of nitrogens with zero attached hydrogens (tertiary/aromatic N) is 1. The molecule has 6 nitrogen and oxygen atoms in total. The molecule has 0 fully saturated rings. The number of likely N-dealkylation sites (N-methyl/N-ethyl adjacent to an activating group) is 1. The maximum absolute atomic E-state index is 11.0. The minimum atomic E-state index is -1.04. The predicted molar refractivity (Wildman–Crippen MR) is 63.3 cm³/mol. The van der Waals surface area contributed by atoms with E-state index >= 15 is 0 Å². The van der Waals surface area contributed by atoms with Gasteiger partial charge in [0.2, 0.25) is 6.10 Å². The molecule has 96 valence electrons. The standard InChI is InChI=1S/C12H13NO5/c1-6-10(12(16)17)18-9-4-3-7(11(14)15)5-8(9)13(6)2/h3-6,10H,1-2H3,(H,14,15)(H,16,17). The molecule has 1 aromatic rings. The largest absolute Gasteiger partial charge is 0.478 e. The number of ether oxygens (including phenoxy) is 1. The van der Waals surface area contributed by atoms with Crippen molar-refractivity contribution in [1.29, 1.82) is 0 Å². The second-order valence-corrected chi connectivity index (χ2v) is 4.22. The van der Waals surface area contributed by atoms with E-state index in [0.717, 1.165) is 0 Å². The summed E-state index contributed by atoms with van der Waals surface area (Å²) in [6.07, 6.45) is -0.960. The first kappa shape index (κ1) is 12.2. The molecule has 0 aliphatic carbocycles. The van der Waals surface area contributed by atoms with Gasteiger partial charge < -0.3 is 19.8 Å². The molecule has 2 rings (SSSR count). The number of benzene rings is 1. The van der Waals surface area contributed by atoms with E-state index in [9.17, 15) is 9.59 Å². The van der Waals surface area contributed by atoms with Crippen LogP contribution in [0.5, 0.6) is 5.75 Å². The zero-order valence-corrected chi connectivity index (χ0v) is 9.95. The van der Waals surface area contributed by atoms with Gasteiger partial charge in [-0.3, -0.25) is 0 Å². The quantitative estimate of drug-likeness (QED) is 0.817. The molecule has 6 heteroatoms. The molecule has 0 spiro atoms. The first-order valence-corrected chi connectivity index (χ1v) is 5.41. The van der Waals surface area contributed by atoms with Crippen molar-refractivity contribution in [3.8, 4) is 5.75 Å². The third kappa shape index (κ3) is 1.85. The Morgan fingerprint density at radius 2 is 2.00 bits per heavy atom. The van der Waals surface area contributed by atoms with Crippen LogP contribution in [0.4, 0.5) is 5.69 Å². The molecule has 2 unspecified atom stereocenters. The number of hydrogen-bond donors (Lipinski definition) is 2. The molecule has 0 aromatic heterocycles. The molecule has 1 aliphatic heterocycles. The topological polar surface area (TPSA) is 87.1 Å². The van der Waals surface area contributed by atoms with Gasteiger partial charge in [0, 0.05) is 7.05 Å². The van der Waals surface area contributed by atoms with Crippen LogP contribution in [0.15, 0.2) is 18.2 Å². The Balaban J connectivity index is 2.45. The van der Waals surface area contributed by atoms with E-state index in [1.165, 1.54) is 18.2 Å². The molecule has 0 saturated heterocycles. The van der Waals surface area contributed by atoms with Gasteiger partial charge in [0.25, 0.3) is 0 Å². The van der Waals surface area contributed by atoms with Crippen LogP contribution in [-0.2, 0) is 4.79 Å². The Bertz CT molecular complexity index is 513. The van der Waals surface area contributed by atoms with Crippen LogP contribution in [0.25, 0.3) is 0 Å². The maximum atomic E-state index is 11.0. The average Bonchev–Trinajstić information content (AvgIpc) is 2.32. The number of anilines is 1. The van der Waals surface area contributed by atoms with Crippen molar-refractivity contribution < 1.29 is 24.5 Å². The van der Waals surface area contributed by atoms with E-state index in [1.807, 2.05) is 0 Å². The number of fused-ring (bicyclic) bond motifs is 1. The molecule has 0 amide bonds. The lowest BCUT2D eigenvalue weighted by atomic mass is 10.1. The van der Waals surface area contributed by atoms with Crippen LogP contribution in [0.2, 0.25) is 0 Å². The average molecular weight is 251 g/mol. The highest BCUT2D eigenvalue weighted by Crippen LogP contribution is 2.36. The normalized spacial score (nSPS) is 22.0. The van der Waals surface area contributed by atoms with Crippen molar-refractivity contribution in [3.63, 3.8) is 0 Å². The van der Waals surface area contributed by atoms with Gasteiger partial charge in [-0.1, -0.05) is 0 Å². The summed E-state index contributed by atoms with van der Waals surface area (Å²) in [5.74, 6) is -1.69. The van der Waals surface area contributed by atoms with E-state index < -0.39 is 18.0 Å². The Morgan fingerprint density at radius 1 is 1.33 bits per heavy atom. The van der Waals surface area contributed by atoms with Crippen molar-refractivity contribution in [3.05, 3.63) is 23.8 Å². The van der Waals surface area contributed by atoms with Crippen LogP contribution in [0.1, 0.15) is 17.3 Å². The third-order valence-electron chi connectivity index (χ3n) is 3.13. The monoisotopic (exact) mass is 251 g/mol. The van der Waals surface area contributed by atoms with Crippen LogP contribution >= 0.6 is 0 Å². The highest BCUT2D eigenvalue weighted by atomic mass is 16.5. The minimum Gasteiger partial charge on any atom is -0.478 e. The van der Waals surface area contributed by atoms with E-state index in [-0.39, 0.29) is 11.6 Å². The minimum absolute atomic E-state index is 0.144. The molecule has 0 saturated carbocycles. The highest BCUT2D eigenvalue weighted by molar-refractivity contribution is 5.90. The summed E-state index contributed by atoms with van der Waals surface area (Å²) in [5, 5.41) is 18.0. The van der Waals surface area contributed by atoms with Gasteiger partial charge >= 0.3 is 11.9 Å². The summed E-state index contributed by atoms with van der Waals surface area (Å²) >= 11 is 0. The fraction of sp³-hybridized carbons (Fsp3) is 0.333. The second-order valence-electron chi connectivity index (χ2n) is 4.22. The van der Waals surface area contributed by atoms with Crippen molar-refractivity contribution in [2.45, 2.75) is 19.1 Å². The molecule has 18 heavy (non-hydrogen) atoms. The fourth-order valence-electron chi connectivity index (χ4n) is 1.94. The molecular formula is C12H13NO5. The number of aliphatic carboxylic acids is 1. The van der Waals surface area contributed by atoms with Gasteiger partial charge in [0.05, 0.1) is 17.3 Å². The predicted octanol–water partition coefficient (Wildman–Crippen LogP) is 1.06. The van der Waals surface area contributed by atoms with E-state index in [2.05, 4.69) is 0 Å². The first-order valence-electron chi connectivity index (χ1n) is 5.41. The number of hydrogen-bond acceptors (Lipinski definition) is 4. The van der Waals surface area contributed by atoms with Crippen LogP contribution in [0.3, 0.4) is 0 Å². The smallest absolute Gasteiger partial charge is 0.347 e. The SMILES string of the molecule is CC1C(C(=O)O)Oc2ccc(C(=O)O)cc2N1C. The van der Waals surface area contributed by atoms with Crippen molar-refractivity contribution in [1.82, 2.24) is 0 Å². The molecule has 0 radical (unpaired) electrons. The summed E-state index contributed by atoms with van der Waals surface area (Å²) in [4.78, 5) is 23.7. The van der Waals surface area contributed by atoms with E-state index in [4.69, 9.17) is 14.9 Å². The van der Waals surface area contributed by atoms with E-state index in [0.29, 0.717) is 11.4 Å². The molecular weight excluding hydrogens is 238 g/mol. The lowest BCUT2D eigenvalue weighted by Gasteiger charge is -2.37. The first-order chi connectivity index (χ1) is 8.41. The highest BCUT2D eigenvalue weighted by Gasteiger charge is 2.36. The van der Waals surface area contributed by atoms with Crippen molar-refractivity contribution in [2.75, 3.05) is 11.9 Å². The zero-order valence-electron chi connectivity index (χ0n) is 9.95. The number of rotatable bonds is 2. The van der Waals surface area contributed by atoms with Gasteiger partial charge in [-0.15, -0.1) is 0 Å². The fourth-order valence-corrected chi connectivity index (χ4v) is 1.94. The lowest BCUT2D eigenvalue weighted by Crippen LogP contribution is -2.50. The number of carboxylic acids is 2. The van der Waals surface area contributed by atoms with Gasteiger partial charge in [0.1, 0.15) is 5.75 Å². The number of carbonyl (C=O) groups is 2. The van der Waals surface area contributed by atoms with Gasteiger partial charge in [-0.05, 0) is 25.1 Å². The molecule has 1 aliphatic rings. The van der Waals surface area contributed by atoms with Gasteiger partial charge in [0.15, 0.2) is 0 Å². The van der Waals surface area contributed by atoms with Crippen LogP contribution in [-0.4, -0.2) is 41.3 Å². The van der Waals surface area contributed by atoms with Gasteiger partial charge in [-0.25, -0.2) is 9.59 Å². The summed E-state index contributed by atoms with van der Waals surface area (Å²) in [6.45, 7) is 1.72. The Hall–Kier alpha value is -2.24. The number of aromatic carboxylic acids is 1. The van der Waals surface area contributed by atoms with E-state index in [1.54, 1.807) is 18.9 Å². The summed E-state index contributed by atoms with van der Waals surface area (Å²) < 4.78 is 5.38. The molecule has 2 atom stereocenters. The second kappa shape index (κ2) is 4.21. The Morgan fingerprint density at radius 3 is 2.56 bits per heavy atom. The molecule has 2 N–H and O–H groups in total. The number of carboxylic acid groups (broad SMARTS) is 2. The molecule has 1 aromatic carbocycles. The summed E-state index contributed by atoms with van der Waals surface area (Å²) in [6, 6.07) is 3.98. The Labute approximate surface area is 103 Å².